The van der Waals surface area contributed by atoms with Gasteiger partial charge in [-0.1, -0.05) is 6.92 Å². The largest absolute Gasteiger partial charge is 0.477 e. The maximum atomic E-state index is 15.2. The lowest BCUT2D eigenvalue weighted by molar-refractivity contribution is 0.0694. The number of hydrogen-bond donors (Lipinski definition) is 2. The Morgan fingerprint density at radius 3 is 2.79 bits per heavy atom. The molecule has 6 nitrogen and oxygen atoms in total. The highest BCUT2D eigenvalue weighted by atomic mass is 19.1. The van der Waals surface area contributed by atoms with E-state index in [1.165, 1.54) is 12.3 Å². The minimum absolute atomic E-state index is 0.0265. The molecule has 150 valence electrons. The number of aryl methyl sites for hydroxylation is 1. The Morgan fingerprint density at radius 1 is 1.36 bits per heavy atom. The molecular weight excluding hydrogens is 363 g/mol. The van der Waals surface area contributed by atoms with Crippen molar-refractivity contribution in [2.75, 3.05) is 18.0 Å². The molecule has 1 aromatic carbocycles. The molecule has 3 atom stereocenters. The first-order chi connectivity index (χ1) is 13.3. The number of aliphatic hydroxyl groups excluding tert-OH is 1. The van der Waals surface area contributed by atoms with Crippen molar-refractivity contribution < 1.29 is 19.4 Å². The van der Waals surface area contributed by atoms with Crippen LogP contribution < -0.4 is 10.3 Å². The van der Waals surface area contributed by atoms with Gasteiger partial charge in [-0.2, -0.15) is 0 Å². The lowest BCUT2D eigenvalue weighted by Gasteiger charge is -2.39. The second-order valence-electron chi connectivity index (χ2n) is 8.02. The smallest absolute Gasteiger partial charge is 0.341 e. The quantitative estimate of drug-likeness (QED) is 0.845. The summed E-state index contributed by atoms with van der Waals surface area (Å²) < 4.78 is 17.1. The number of nitrogens with zero attached hydrogens (tertiary/aromatic N) is 2. The van der Waals surface area contributed by atoms with Crippen molar-refractivity contribution in [1.82, 2.24) is 4.57 Å². The monoisotopic (exact) mass is 388 g/mol. The van der Waals surface area contributed by atoms with Crippen molar-refractivity contribution in [2.45, 2.75) is 51.7 Å². The van der Waals surface area contributed by atoms with Crippen LogP contribution in [0.3, 0.4) is 0 Å². The van der Waals surface area contributed by atoms with E-state index in [9.17, 15) is 19.8 Å². The minimum Gasteiger partial charge on any atom is -0.477 e. The van der Waals surface area contributed by atoms with Gasteiger partial charge in [0.25, 0.3) is 0 Å². The zero-order valence-electron chi connectivity index (χ0n) is 16.1. The molecule has 0 bridgehead atoms. The number of aliphatic hydroxyl groups is 1. The van der Waals surface area contributed by atoms with Crippen LogP contribution in [0, 0.1) is 11.7 Å². The van der Waals surface area contributed by atoms with Gasteiger partial charge in [0, 0.05) is 42.2 Å². The van der Waals surface area contributed by atoms with Crippen LogP contribution in [-0.2, 0) is 6.42 Å². The lowest BCUT2D eigenvalue weighted by atomic mass is 9.89. The molecule has 2 N–H and O–H groups in total. The van der Waals surface area contributed by atoms with E-state index in [2.05, 4.69) is 0 Å². The standard InChI is InChI=1S/C21H25FN2O4/c1-3-12-9-23(7-6-17(12)25)19-13-5-4-11(2)24-10-15(21(27)28)20(26)14(18(13)24)8-16(19)22/h8,10-12,17,25H,3-7,9H2,1-2H3,(H,27,28)/t11?,12?,17-/m0/s1. The van der Waals surface area contributed by atoms with Crippen molar-refractivity contribution >= 4 is 22.6 Å². The summed E-state index contributed by atoms with van der Waals surface area (Å²) in [4.78, 5) is 26.2. The molecule has 1 saturated heterocycles. The molecule has 3 heterocycles. The predicted octanol–water partition coefficient (Wildman–Crippen LogP) is 2.94. The van der Waals surface area contributed by atoms with Crippen LogP contribution in [0.15, 0.2) is 17.1 Å². The first kappa shape index (κ1) is 18.9. The number of rotatable bonds is 3. The fourth-order valence-electron chi connectivity index (χ4n) is 4.75. The molecule has 1 aromatic heterocycles. The van der Waals surface area contributed by atoms with Gasteiger partial charge in [0.05, 0.1) is 17.3 Å². The fourth-order valence-corrected chi connectivity index (χ4v) is 4.75. The third-order valence-corrected chi connectivity index (χ3v) is 6.39. The average Bonchev–Trinajstić information content (AvgIpc) is 2.66. The van der Waals surface area contributed by atoms with Gasteiger partial charge in [-0.05, 0) is 38.7 Å². The van der Waals surface area contributed by atoms with Gasteiger partial charge in [-0.25, -0.2) is 9.18 Å². The summed E-state index contributed by atoms with van der Waals surface area (Å²) in [5.74, 6) is -1.71. The van der Waals surface area contributed by atoms with Crippen molar-refractivity contribution in [3.05, 3.63) is 39.4 Å². The van der Waals surface area contributed by atoms with Gasteiger partial charge in [0.1, 0.15) is 11.4 Å². The molecule has 2 aliphatic heterocycles. The van der Waals surface area contributed by atoms with E-state index in [0.717, 1.165) is 18.4 Å². The highest BCUT2D eigenvalue weighted by Gasteiger charge is 2.32. The topological polar surface area (TPSA) is 82.8 Å². The molecule has 0 radical (unpaired) electrons. The maximum absolute atomic E-state index is 15.2. The van der Waals surface area contributed by atoms with Gasteiger partial charge >= 0.3 is 5.97 Å². The molecule has 2 aromatic rings. The van der Waals surface area contributed by atoms with Gasteiger partial charge in [-0.15, -0.1) is 0 Å². The number of carbonyl (C=O) groups is 1. The van der Waals surface area contributed by atoms with Crippen molar-refractivity contribution in [1.29, 1.82) is 0 Å². The Bertz CT molecular complexity index is 1020. The van der Waals surface area contributed by atoms with Crippen LogP contribution in [-0.4, -0.2) is 39.9 Å². The first-order valence-electron chi connectivity index (χ1n) is 9.90. The molecule has 0 aliphatic carbocycles. The SMILES string of the molecule is CCC1CN(c2c(F)cc3c(=O)c(C(=O)O)cn4c3c2CCC4C)CC[C@@H]1O. The molecule has 0 saturated carbocycles. The van der Waals surface area contributed by atoms with E-state index < -0.39 is 17.2 Å². The predicted molar refractivity (Wildman–Crippen MR) is 105 cm³/mol. The maximum Gasteiger partial charge on any atom is 0.341 e. The van der Waals surface area contributed by atoms with Crippen LogP contribution in [0.4, 0.5) is 10.1 Å². The normalized spacial score (nSPS) is 24.6. The number of aromatic carboxylic acids is 1. The second-order valence-corrected chi connectivity index (χ2v) is 8.02. The number of carboxylic acid groups (broad SMARTS) is 1. The number of aromatic nitrogens is 1. The van der Waals surface area contributed by atoms with Gasteiger partial charge in [0.2, 0.25) is 5.43 Å². The molecule has 4 rings (SSSR count). The summed E-state index contributed by atoms with van der Waals surface area (Å²) >= 11 is 0. The Balaban J connectivity index is 1.96. The summed E-state index contributed by atoms with van der Waals surface area (Å²) in [7, 11) is 0. The number of benzene rings is 1. The Kier molecular flexibility index (Phi) is 4.65. The van der Waals surface area contributed by atoms with Crippen molar-refractivity contribution in [2.24, 2.45) is 5.92 Å². The number of hydrogen-bond acceptors (Lipinski definition) is 4. The first-order valence-corrected chi connectivity index (χ1v) is 9.90. The third-order valence-electron chi connectivity index (χ3n) is 6.39. The summed E-state index contributed by atoms with van der Waals surface area (Å²) in [6.07, 6.45) is 3.79. The van der Waals surface area contributed by atoms with Crippen molar-refractivity contribution in [3.63, 3.8) is 0 Å². The highest BCUT2D eigenvalue weighted by Crippen LogP contribution is 2.39. The molecule has 0 amide bonds. The van der Waals surface area contributed by atoms with Crippen molar-refractivity contribution in [3.8, 4) is 0 Å². The molecule has 28 heavy (non-hydrogen) atoms. The number of halogens is 1. The fraction of sp³-hybridized carbons (Fsp3) is 0.524. The average molecular weight is 388 g/mol. The summed E-state index contributed by atoms with van der Waals surface area (Å²) in [6.45, 7) is 5.12. The van der Waals surface area contributed by atoms with Crippen LogP contribution in [0.5, 0.6) is 0 Å². The second kappa shape index (κ2) is 6.88. The molecule has 2 aliphatic rings. The minimum atomic E-state index is -1.30. The van der Waals surface area contributed by atoms with E-state index in [4.69, 9.17) is 0 Å². The van der Waals surface area contributed by atoms with Crippen LogP contribution in [0.1, 0.15) is 55.1 Å². The summed E-state index contributed by atoms with van der Waals surface area (Å²) in [6, 6.07) is 1.22. The Hall–Kier alpha value is -2.41. The molecule has 7 heteroatoms. The highest BCUT2D eigenvalue weighted by molar-refractivity contribution is 5.95. The van der Waals surface area contributed by atoms with Crippen LogP contribution >= 0.6 is 0 Å². The third kappa shape index (κ3) is 2.80. The Morgan fingerprint density at radius 2 is 2.11 bits per heavy atom. The van der Waals surface area contributed by atoms with Crippen LogP contribution in [0.2, 0.25) is 0 Å². The molecule has 0 spiro atoms. The van der Waals surface area contributed by atoms with E-state index in [1.54, 1.807) is 0 Å². The molecular formula is C21H25FN2O4. The number of carboxylic acids is 1. The summed E-state index contributed by atoms with van der Waals surface area (Å²) in [5, 5.41) is 19.7. The Labute approximate surface area is 162 Å². The van der Waals surface area contributed by atoms with E-state index >= 15 is 4.39 Å². The summed E-state index contributed by atoms with van der Waals surface area (Å²) in [5.41, 5.74) is 0.949. The van der Waals surface area contributed by atoms with Gasteiger partial charge in [-0.3, -0.25) is 4.79 Å². The van der Waals surface area contributed by atoms with E-state index in [-0.39, 0.29) is 29.0 Å². The van der Waals surface area contributed by atoms with Gasteiger partial charge in [0.15, 0.2) is 0 Å². The zero-order valence-corrected chi connectivity index (χ0v) is 16.1. The number of pyridine rings is 1. The van der Waals surface area contributed by atoms with E-state index in [1.807, 2.05) is 23.3 Å². The molecule has 1 fully saturated rings. The molecule has 2 unspecified atom stereocenters. The zero-order chi connectivity index (χ0) is 20.2. The number of piperidine rings is 1. The van der Waals surface area contributed by atoms with Gasteiger partial charge < -0.3 is 19.7 Å². The number of anilines is 1. The van der Waals surface area contributed by atoms with Crippen LogP contribution in [0.25, 0.3) is 10.9 Å². The lowest BCUT2D eigenvalue weighted by Crippen LogP contribution is -2.44. The van der Waals surface area contributed by atoms with E-state index in [0.29, 0.717) is 37.1 Å².